The van der Waals surface area contributed by atoms with E-state index in [1.165, 1.54) is 6.07 Å². The van der Waals surface area contributed by atoms with E-state index in [0.29, 0.717) is 27.0 Å². The number of carbonyl (C=O) groups is 1. The topological polar surface area (TPSA) is 104 Å². The van der Waals surface area contributed by atoms with Crippen LogP contribution in [0.4, 0.5) is 0 Å². The number of hydrogen-bond acceptors (Lipinski definition) is 7. The summed E-state index contributed by atoms with van der Waals surface area (Å²) in [5, 5.41) is 11.5. The summed E-state index contributed by atoms with van der Waals surface area (Å²) in [7, 11) is 1.61. The van der Waals surface area contributed by atoms with Crippen molar-refractivity contribution >= 4 is 48.7 Å². The maximum absolute atomic E-state index is 12.5. The number of nitrogens with zero attached hydrogens (tertiary/aromatic N) is 2. The molecule has 4 rings (SSSR count). The van der Waals surface area contributed by atoms with E-state index in [4.69, 9.17) is 13.9 Å². The van der Waals surface area contributed by atoms with Crippen molar-refractivity contribution in [1.82, 2.24) is 15.5 Å². The van der Waals surface area contributed by atoms with E-state index in [2.05, 4.69) is 47.4 Å². The molecule has 0 spiro atoms. The molecule has 10 heteroatoms. The average molecular weight is 575 g/mol. The number of methoxy groups -OCH3 is 1. The summed E-state index contributed by atoms with van der Waals surface area (Å²) in [4.78, 5) is 24.7. The van der Waals surface area contributed by atoms with Crippen molar-refractivity contribution in [2.45, 2.75) is 0 Å². The van der Waals surface area contributed by atoms with Crippen LogP contribution >= 0.6 is 31.9 Å². The maximum atomic E-state index is 12.5. The second-order valence-corrected chi connectivity index (χ2v) is 8.61. The van der Waals surface area contributed by atoms with Gasteiger partial charge in [0.15, 0.2) is 5.58 Å². The van der Waals surface area contributed by atoms with Crippen LogP contribution in [0.25, 0.3) is 22.2 Å². The summed E-state index contributed by atoms with van der Waals surface area (Å²) in [5.74, 6) is 0.531. The number of ether oxygens (including phenoxy) is 2. The zero-order valence-corrected chi connectivity index (χ0v) is 20.5. The highest BCUT2D eigenvalue weighted by Crippen LogP contribution is 2.28. The minimum Gasteiger partial charge on any atom is -0.497 e. The maximum Gasteiger partial charge on any atom is 0.349 e. The van der Waals surface area contributed by atoms with Crippen molar-refractivity contribution in [3.05, 3.63) is 79.5 Å². The molecule has 0 aliphatic heterocycles. The number of aromatic nitrogens is 2. The molecule has 0 bridgehead atoms. The van der Waals surface area contributed by atoms with Crippen LogP contribution in [0.15, 0.2) is 72.8 Å². The molecule has 0 atom stereocenters. The Hall–Kier alpha value is -3.24. The number of fused-ring (bicyclic) bond motifs is 1. The van der Waals surface area contributed by atoms with Crippen molar-refractivity contribution in [3.8, 4) is 22.9 Å². The van der Waals surface area contributed by atoms with Gasteiger partial charge < -0.3 is 19.2 Å². The van der Waals surface area contributed by atoms with Crippen LogP contribution in [-0.2, 0) is 0 Å². The Morgan fingerprint density at radius 1 is 1.06 bits per heavy atom. The normalized spacial score (nSPS) is 10.8. The molecule has 1 N–H and O–H groups in total. The Bertz CT molecular complexity index is 1360. The molecule has 0 saturated carbocycles. The standard InChI is InChI=1S/C23H17Br2N3O5/c1-31-16-4-2-13(3-5-16)19-6-7-20(28-27-19)32-9-8-26-22(29)17-11-14-10-15(24)12-18(25)21(14)33-23(17)30/h2-7,10-12H,8-9H2,1H3,(H,26,29). The Labute approximate surface area is 205 Å². The van der Waals surface area contributed by atoms with Crippen LogP contribution in [0, 0.1) is 0 Å². The van der Waals surface area contributed by atoms with Gasteiger partial charge in [-0.2, -0.15) is 0 Å². The smallest absolute Gasteiger partial charge is 0.349 e. The number of amides is 1. The molecular weight excluding hydrogens is 558 g/mol. The van der Waals surface area contributed by atoms with Gasteiger partial charge in [-0.15, -0.1) is 10.2 Å². The number of nitrogens with one attached hydrogen (secondary N) is 1. The van der Waals surface area contributed by atoms with Gasteiger partial charge in [0.1, 0.15) is 17.9 Å². The molecule has 0 saturated heterocycles. The third kappa shape index (κ3) is 5.40. The van der Waals surface area contributed by atoms with Crippen molar-refractivity contribution in [2.24, 2.45) is 0 Å². The van der Waals surface area contributed by atoms with Gasteiger partial charge in [0.05, 0.1) is 23.8 Å². The molecule has 168 valence electrons. The quantitative estimate of drug-likeness (QED) is 0.254. The highest BCUT2D eigenvalue weighted by atomic mass is 79.9. The van der Waals surface area contributed by atoms with Crippen LogP contribution in [0.3, 0.4) is 0 Å². The van der Waals surface area contributed by atoms with Gasteiger partial charge in [-0.1, -0.05) is 15.9 Å². The lowest BCUT2D eigenvalue weighted by Gasteiger charge is -2.08. The van der Waals surface area contributed by atoms with Crippen LogP contribution in [0.1, 0.15) is 10.4 Å². The summed E-state index contributed by atoms with van der Waals surface area (Å²) >= 11 is 6.72. The van der Waals surface area contributed by atoms with E-state index in [9.17, 15) is 9.59 Å². The largest absolute Gasteiger partial charge is 0.497 e. The number of benzene rings is 2. The lowest BCUT2D eigenvalue weighted by Crippen LogP contribution is -2.31. The predicted molar refractivity (Wildman–Crippen MR) is 130 cm³/mol. The minimum absolute atomic E-state index is 0.0869. The Kier molecular flexibility index (Phi) is 7.05. The van der Waals surface area contributed by atoms with Gasteiger partial charge in [0.25, 0.3) is 5.91 Å². The molecule has 2 aromatic heterocycles. The summed E-state index contributed by atoms with van der Waals surface area (Å²) in [6.45, 7) is 0.318. The van der Waals surface area contributed by atoms with Gasteiger partial charge in [-0.05, 0) is 64.5 Å². The SMILES string of the molecule is COc1ccc(-c2ccc(OCCNC(=O)c3cc4cc(Br)cc(Br)c4oc3=O)nn2)cc1. The van der Waals surface area contributed by atoms with Crippen LogP contribution in [0.2, 0.25) is 0 Å². The molecule has 0 radical (unpaired) electrons. The van der Waals surface area contributed by atoms with E-state index in [1.807, 2.05) is 24.3 Å². The fraction of sp³-hybridized carbons (Fsp3) is 0.130. The highest BCUT2D eigenvalue weighted by Gasteiger charge is 2.15. The second-order valence-electron chi connectivity index (χ2n) is 6.84. The molecule has 0 aliphatic rings. The van der Waals surface area contributed by atoms with Crippen molar-refractivity contribution in [1.29, 1.82) is 0 Å². The highest BCUT2D eigenvalue weighted by molar-refractivity contribution is 9.11. The molecule has 8 nitrogen and oxygen atoms in total. The first-order valence-corrected chi connectivity index (χ1v) is 11.4. The van der Waals surface area contributed by atoms with E-state index in [-0.39, 0.29) is 18.7 Å². The Morgan fingerprint density at radius 2 is 1.85 bits per heavy atom. The van der Waals surface area contributed by atoms with E-state index in [0.717, 1.165) is 15.8 Å². The number of carbonyl (C=O) groups excluding carboxylic acids is 1. The molecule has 4 aromatic rings. The molecule has 33 heavy (non-hydrogen) atoms. The first-order chi connectivity index (χ1) is 15.9. The summed E-state index contributed by atoms with van der Waals surface area (Å²) < 4.78 is 17.4. The number of hydrogen-bond donors (Lipinski definition) is 1. The van der Waals surface area contributed by atoms with Gasteiger partial charge in [0, 0.05) is 21.5 Å². The average Bonchev–Trinajstić information content (AvgIpc) is 2.82. The predicted octanol–water partition coefficient (Wildman–Crippen LogP) is 4.59. The van der Waals surface area contributed by atoms with Gasteiger partial charge >= 0.3 is 5.63 Å². The molecule has 0 fully saturated rings. The fourth-order valence-electron chi connectivity index (χ4n) is 3.04. The van der Waals surface area contributed by atoms with Crippen LogP contribution < -0.4 is 20.4 Å². The summed E-state index contributed by atoms with van der Waals surface area (Å²) in [5.41, 5.74) is 1.16. The van der Waals surface area contributed by atoms with Crippen molar-refractivity contribution in [2.75, 3.05) is 20.3 Å². The summed E-state index contributed by atoms with van der Waals surface area (Å²) in [6, 6.07) is 16.0. The Balaban J connectivity index is 1.33. The monoisotopic (exact) mass is 573 g/mol. The van der Waals surface area contributed by atoms with Crippen LogP contribution in [0.5, 0.6) is 11.6 Å². The van der Waals surface area contributed by atoms with Gasteiger partial charge in [-0.3, -0.25) is 4.79 Å². The summed E-state index contributed by atoms with van der Waals surface area (Å²) in [6.07, 6.45) is 0. The minimum atomic E-state index is -0.719. The zero-order valence-electron chi connectivity index (χ0n) is 17.3. The molecule has 2 aromatic carbocycles. The van der Waals surface area contributed by atoms with Gasteiger partial charge in [-0.25, -0.2) is 4.79 Å². The molecule has 1 amide bonds. The zero-order chi connectivity index (χ0) is 23.4. The lowest BCUT2D eigenvalue weighted by molar-refractivity contribution is 0.0943. The van der Waals surface area contributed by atoms with Gasteiger partial charge in [0.2, 0.25) is 5.88 Å². The second kappa shape index (κ2) is 10.1. The lowest BCUT2D eigenvalue weighted by atomic mass is 10.1. The van der Waals surface area contributed by atoms with Crippen molar-refractivity contribution in [3.63, 3.8) is 0 Å². The number of halogens is 2. The van der Waals surface area contributed by atoms with E-state index in [1.54, 1.807) is 31.4 Å². The number of rotatable bonds is 7. The third-order valence-corrected chi connectivity index (χ3v) is 5.71. The first-order valence-electron chi connectivity index (χ1n) is 9.76. The molecule has 2 heterocycles. The fourth-order valence-corrected chi connectivity index (χ4v) is 4.38. The van der Waals surface area contributed by atoms with Crippen LogP contribution in [-0.4, -0.2) is 36.4 Å². The molecule has 0 aliphatic carbocycles. The first kappa shape index (κ1) is 22.9. The Morgan fingerprint density at radius 3 is 2.55 bits per heavy atom. The molecule has 0 unspecified atom stereocenters. The van der Waals surface area contributed by atoms with E-state index < -0.39 is 11.5 Å². The van der Waals surface area contributed by atoms with Crippen molar-refractivity contribution < 1.29 is 18.7 Å². The third-order valence-electron chi connectivity index (χ3n) is 4.66. The molecular formula is C23H17Br2N3O5. The van der Waals surface area contributed by atoms with E-state index >= 15 is 0 Å².